The van der Waals surface area contributed by atoms with E-state index in [1.165, 1.54) is 10.6 Å². The maximum Gasteiger partial charge on any atom is 0.263 e. The molecule has 3 aromatic rings. The van der Waals surface area contributed by atoms with Crippen LogP contribution in [0.3, 0.4) is 0 Å². The predicted octanol–water partition coefficient (Wildman–Crippen LogP) is 1.11. The molecular formula is C17H17N5O2. The van der Waals surface area contributed by atoms with Crippen molar-refractivity contribution in [3.05, 3.63) is 70.7 Å². The normalized spacial score (nSPS) is 10.6. The third-order valence-corrected chi connectivity index (χ3v) is 3.65. The minimum atomic E-state index is -0.400. The van der Waals surface area contributed by atoms with Crippen LogP contribution >= 0.6 is 0 Å². The Morgan fingerprint density at radius 2 is 2.04 bits per heavy atom. The van der Waals surface area contributed by atoms with Crippen LogP contribution in [0.1, 0.15) is 15.9 Å². The zero-order valence-corrected chi connectivity index (χ0v) is 13.4. The molecule has 1 N–H and O–H groups in total. The van der Waals surface area contributed by atoms with E-state index in [1.54, 1.807) is 42.6 Å². The monoisotopic (exact) mass is 323 g/mol. The summed E-state index contributed by atoms with van der Waals surface area (Å²) in [5.41, 5.74) is 2.52. The number of nitrogens with one attached hydrogen (secondary N) is 1. The summed E-state index contributed by atoms with van der Waals surface area (Å²) in [6.45, 7) is 0.290. The Hall–Kier alpha value is -3.22. The minimum Gasteiger partial charge on any atom is -0.348 e. The largest absolute Gasteiger partial charge is 0.348 e. The standard InChI is InChI=1S/C17H17N5O2/c1-21-5-3-4-15(17(21)24)16(23)19-8-12-6-13(9-18-7-12)14-10-20-22(2)11-14/h3-7,9-11H,8H2,1-2H3,(H,19,23). The highest BCUT2D eigenvalue weighted by molar-refractivity contribution is 5.93. The number of aryl methyl sites for hydroxylation is 2. The Labute approximate surface area is 138 Å². The number of pyridine rings is 2. The maximum absolute atomic E-state index is 12.2. The molecule has 0 spiro atoms. The SMILES string of the molecule is Cn1cc(-c2cncc(CNC(=O)c3cccn(C)c3=O)c2)cn1. The Bertz CT molecular complexity index is 942. The Morgan fingerprint density at radius 3 is 2.79 bits per heavy atom. The first-order valence-corrected chi connectivity index (χ1v) is 7.41. The van der Waals surface area contributed by atoms with Gasteiger partial charge in [-0.15, -0.1) is 0 Å². The maximum atomic E-state index is 12.2. The van der Waals surface area contributed by atoms with E-state index in [0.29, 0.717) is 0 Å². The summed E-state index contributed by atoms with van der Waals surface area (Å²) in [6, 6.07) is 5.12. The molecular weight excluding hydrogens is 306 g/mol. The van der Waals surface area contributed by atoms with Crippen LogP contribution in [0.25, 0.3) is 11.1 Å². The molecule has 0 bridgehead atoms. The van der Waals surface area contributed by atoms with Crippen molar-refractivity contribution in [1.29, 1.82) is 0 Å². The molecule has 0 unspecified atom stereocenters. The molecule has 3 rings (SSSR count). The average Bonchev–Trinajstić information content (AvgIpc) is 3.02. The van der Waals surface area contributed by atoms with Crippen LogP contribution in [0.2, 0.25) is 0 Å². The molecule has 0 aliphatic heterocycles. The number of carbonyl (C=O) groups excluding carboxylic acids is 1. The lowest BCUT2D eigenvalue weighted by Crippen LogP contribution is -2.31. The molecule has 7 heteroatoms. The molecule has 3 heterocycles. The van der Waals surface area contributed by atoms with Gasteiger partial charge < -0.3 is 9.88 Å². The fourth-order valence-electron chi connectivity index (χ4n) is 2.36. The molecule has 0 saturated carbocycles. The molecule has 3 aromatic heterocycles. The Balaban J connectivity index is 1.74. The lowest BCUT2D eigenvalue weighted by Gasteiger charge is -2.07. The van der Waals surface area contributed by atoms with E-state index in [1.807, 2.05) is 19.3 Å². The van der Waals surface area contributed by atoms with E-state index in [2.05, 4.69) is 15.4 Å². The lowest BCUT2D eigenvalue weighted by atomic mass is 10.1. The second-order valence-corrected chi connectivity index (χ2v) is 5.51. The van der Waals surface area contributed by atoms with Gasteiger partial charge in [-0.1, -0.05) is 0 Å². The van der Waals surface area contributed by atoms with Gasteiger partial charge in [0, 0.05) is 56.6 Å². The van der Waals surface area contributed by atoms with Crippen molar-refractivity contribution in [3.63, 3.8) is 0 Å². The van der Waals surface area contributed by atoms with Crippen LogP contribution in [0, 0.1) is 0 Å². The van der Waals surface area contributed by atoms with Gasteiger partial charge in [0.1, 0.15) is 5.56 Å². The van der Waals surface area contributed by atoms with E-state index in [-0.39, 0.29) is 17.7 Å². The number of amides is 1. The summed E-state index contributed by atoms with van der Waals surface area (Å²) >= 11 is 0. The number of nitrogens with zero attached hydrogens (tertiary/aromatic N) is 4. The quantitative estimate of drug-likeness (QED) is 0.780. The van der Waals surface area contributed by atoms with E-state index in [9.17, 15) is 9.59 Å². The van der Waals surface area contributed by atoms with Crippen LogP contribution in [0.5, 0.6) is 0 Å². The van der Waals surface area contributed by atoms with Crippen molar-refractivity contribution in [2.75, 3.05) is 0 Å². The van der Waals surface area contributed by atoms with Crippen LogP contribution in [0.15, 0.2) is 54.0 Å². The number of rotatable bonds is 4. The van der Waals surface area contributed by atoms with Gasteiger partial charge >= 0.3 is 0 Å². The molecule has 0 fully saturated rings. The number of hydrogen-bond acceptors (Lipinski definition) is 4. The van der Waals surface area contributed by atoms with Gasteiger partial charge in [-0.2, -0.15) is 5.10 Å². The third kappa shape index (κ3) is 3.24. The van der Waals surface area contributed by atoms with Gasteiger partial charge in [0.2, 0.25) is 0 Å². The van der Waals surface area contributed by atoms with Crippen LogP contribution in [-0.4, -0.2) is 25.2 Å². The summed E-state index contributed by atoms with van der Waals surface area (Å²) in [5.74, 6) is -0.400. The molecule has 0 radical (unpaired) electrons. The molecule has 24 heavy (non-hydrogen) atoms. The summed E-state index contributed by atoms with van der Waals surface area (Å²) in [5, 5.41) is 6.89. The first kappa shape index (κ1) is 15.7. The highest BCUT2D eigenvalue weighted by Crippen LogP contribution is 2.18. The number of carbonyl (C=O) groups is 1. The van der Waals surface area contributed by atoms with Crippen molar-refractivity contribution in [1.82, 2.24) is 24.6 Å². The molecule has 0 aromatic carbocycles. The fourth-order valence-corrected chi connectivity index (χ4v) is 2.36. The van der Waals surface area contributed by atoms with Crippen molar-refractivity contribution < 1.29 is 4.79 Å². The molecule has 1 amide bonds. The Kier molecular flexibility index (Phi) is 4.24. The van der Waals surface area contributed by atoms with Crippen molar-refractivity contribution in [3.8, 4) is 11.1 Å². The molecule has 0 aliphatic rings. The fraction of sp³-hybridized carbons (Fsp3) is 0.176. The van der Waals surface area contributed by atoms with E-state index < -0.39 is 5.91 Å². The molecule has 0 saturated heterocycles. The lowest BCUT2D eigenvalue weighted by molar-refractivity contribution is 0.0949. The summed E-state index contributed by atoms with van der Waals surface area (Å²) in [4.78, 5) is 28.3. The summed E-state index contributed by atoms with van der Waals surface area (Å²) < 4.78 is 3.09. The molecule has 122 valence electrons. The van der Waals surface area contributed by atoms with Crippen molar-refractivity contribution in [2.24, 2.45) is 14.1 Å². The second kappa shape index (κ2) is 6.49. The smallest absolute Gasteiger partial charge is 0.263 e. The average molecular weight is 323 g/mol. The van der Waals surface area contributed by atoms with E-state index in [0.717, 1.165) is 16.7 Å². The van der Waals surface area contributed by atoms with E-state index in [4.69, 9.17) is 0 Å². The molecule has 0 aliphatic carbocycles. The minimum absolute atomic E-state index is 0.122. The van der Waals surface area contributed by atoms with Crippen molar-refractivity contribution >= 4 is 5.91 Å². The van der Waals surface area contributed by atoms with Gasteiger partial charge in [0.05, 0.1) is 6.20 Å². The highest BCUT2D eigenvalue weighted by Gasteiger charge is 2.11. The zero-order chi connectivity index (χ0) is 17.1. The second-order valence-electron chi connectivity index (χ2n) is 5.51. The van der Waals surface area contributed by atoms with Gasteiger partial charge in [-0.3, -0.25) is 19.3 Å². The first-order chi connectivity index (χ1) is 11.5. The Morgan fingerprint density at radius 1 is 1.21 bits per heavy atom. The topological polar surface area (TPSA) is 81.8 Å². The van der Waals surface area contributed by atoms with Crippen LogP contribution in [0.4, 0.5) is 0 Å². The summed E-state index contributed by atoms with van der Waals surface area (Å²) in [7, 11) is 3.46. The third-order valence-electron chi connectivity index (χ3n) is 3.65. The van der Waals surface area contributed by atoms with Gasteiger partial charge in [-0.05, 0) is 23.8 Å². The highest BCUT2D eigenvalue weighted by atomic mass is 16.2. The zero-order valence-electron chi connectivity index (χ0n) is 13.4. The predicted molar refractivity (Wildman–Crippen MR) is 89.3 cm³/mol. The number of hydrogen-bond donors (Lipinski definition) is 1. The number of aromatic nitrogens is 4. The first-order valence-electron chi connectivity index (χ1n) is 7.41. The van der Waals surface area contributed by atoms with Gasteiger partial charge in [-0.25, -0.2) is 0 Å². The molecule has 7 nitrogen and oxygen atoms in total. The molecule has 0 atom stereocenters. The van der Waals surface area contributed by atoms with Crippen LogP contribution < -0.4 is 10.9 Å². The van der Waals surface area contributed by atoms with Crippen LogP contribution in [-0.2, 0) is 20.6 Å². The summed E-state index contributed by atoms with van der Waals surface area (Å²) in [6.07, 6.45) is 8.69. The van der Waals surface area contributed by atoms with Crippen molar-refractivity contribution in [2.45, 2.75) is 6.54 Å². The van der Waals surface area contributed by atoms with E-state index >= 15 is 0 Å². The van der Waals surface area contributed by atoms with Gasteiger partial charge in [0.25, 0.3) is 11.5 Å². The van der Waals surface area contributed by atoms with Gasteiger partial charge in [0.15, 0.2) is 0 Å².